The number of benzene rings is 3. The summed E-state index contributed by atoms with van der Waals surface area (Å²) < 4.78 is 10.9. The predicted octanol–water partition coefficient (Wildman–Crippen LogP) is 5.22. The van der Waals surface area contributed by atoms with Crippen LogP contribution in [0.5, 0.6) is 11.5 Å². The van der Waals surface area contributed by atoms with E-state index in [0.29, 0.717) is 23.7 Å². The van der Waals surface area contributed by atoms with Gasteiger partial charge in [-0.1, -0.05) is 24.3 Å². The van der Waals surface area contributed by atoms with Crippen LogP contribution in [0.4, 0.5) is 11.4 Å². The Kier molecular flexibility index (Phi) is 8.57. The molecule has 166 valence electrons. The van der Waals surface area contributed by atoms with Gasteiger partial charge in [-0.2, -0.15) is 0 Å². The highest BCUT2D eigenvalue weighted by molar-refractivity contribution is 8.00. The van der Waals surface area contributed by atoms with Crippen LogP contribution >= 0.6 is 11.8 Å². The lowest BCUT2D eigenvalue weighted by atomic mass is 10.3. The molecule has 0 bridgehead atoms. The molecule has 1 atom stereocenters. The minimum absolute atomic E-state index is 0.0811. The molecule has 3 aromatic rings. The summed E-state index contributed by atoms with van der Waals surface area (Å²) in [5.74, 6) is 1.04. The maximum Gasteiger partial charge on any atom is 0.262 e. The fourth-order valence-electron chi connectivity index (χ4n) is 2.81. The summed E-state index contributed by atoms with van der Waals surface area (Å²) in [5, 5.41) is 5.40. The van der Waals surface area contributed by atoms with Gasteiger partial charge in [0.1, 0.15) is 11.5 Å². The quantitative estimate of drug-likeness (QED) is 0.414. The molecule has 0 saturated carbocycles. The smallest absolute Gasteiger partial charge is 0.262 e. The highest BCUT2D eigenvalue weighted by Gasteiger charge is 2.15. The molecule has 3 aromatic carbocycles. The van der Waals surface area contributed by atoms with Gasteiger partial charge in [-0.15, -0.1) is 11.8 Å². The van der Waals surface area contributed by atoms with E-state index in [1.807, 2.05) is 74.5 Å². The minimum Gasteiger partial charge on any atom is -0.494 e. The third-order valence-electron chi connectivity index (χ3n) is 4.35. The SMILES string of the molecule is CCOc1ccc(NC(=O)C(C)Sc2cccc(NC(=O)COc3ccccc3)c2)cc1. The molecule has 0 aliphatic rings. The molecule has 0 spiro atoms. The summed E-state index contributed by atoms with van der Waals surface area (Å²) in [7, 11) is 0. The first-order chi connectivity index (χ1) is 15.5. The Morgan fingerprint density at radius 1 is 0.844 bits per heavy atom. The van der Waals surface area contributed by atoms with E-state index in [9.17, 15) is 9.59 Å². The Hall–Kier alpha value is -3.45. The van der Waals surface area contributed by atoms with E-state index in [2.05, 4.69) is 10.6 Å². The molecule has 0 aromatic heterocycles. The Labute approximate surface area is 192 Å². The van der Waals surface area contributed by atoms with Crippen molar-refractivity contribution in [2.24, 2.45) is 0 Å². The lowest BCUT2D eigenvalue weighted by Gasteiger charge is -2.13. The molecule has 1 unspecified atom stereocenters. The Morgan fingerprint density at radius 3 is 2.28 bits per heavy atom. The van der Waals surface area contributed by atoms with Crippen molar-refractivity contribution in [3.8, 4) is 11.5 Å². The van der Waals surface area contributed by atoms with Gasteiger partial charge in [0.2, 0.25) is 5.91 Å². The van der Waals surface area contributed by atoms with Crippen molar-refractivity contribution in [2.75, 3.05) is 23.8 Å². The summed E-state index contributed by atoms with van der Waals surface area (Å²) in [5.41, 5.74) is 1.36. The first-order valence-electron chi connectivity index (χ1n) is 10.3. The number of hydrogen-bond acceptors (Lipinski definition) is 5. The maximum absolute atomic E-state index is 12.6. The van der Waals surface area contributed by atoms with Crippen LogP contribution in [0, 0.1) is 0 Å². The van der Waals surface area contributed by atoms with Crippen LogP contribution in [-0.2, 0) is 9.59 Å². The van der Waals surface area contributed by atoms with Crippen molar-refractivity contribution in [3.05, 3.63) is 78.9 Å². The highest BCUT2D eigenvalue weighted by atomic mass is 32.2. The first-order valence-corrected chi connectivity index (χ1v) is 11.2. The number of para-hydroxylation sites is 1. The van der Waals surface area contributed by atoms with Crippen LogP contribution in [0.3, 0.4) is 0 Å². The van der Waals surface area contributed by atoms with E-state index in [4.69, 9.17) is 9.47 Å². The van der Waals surface area contributed by atoms with E-state index < -0.39 is 0 Å². The van der Waals surface area contributed by atoms with Gasteiger partial charge < -0.3 is 20.1 Å². The molecule has 0 heterocycles. The zero-order valence-electron chi connectivity index (χ0n) is 18.0. The van der Waals surface area contributed by atoms with Gasteiger partial charge >= 0.3 is 0 Å². The third-order valence-corrected chi connectivity index (χ3v) is 5.44. The zero-order valence-corrected chi connectivity index (χ0v) is 18.9. The van der Waals surface area contributed by atoms with E-state index >= 15 is 0 Å². The van der Waals surface area contributed by atoms with Crippen LogP contribution in [0.15, 0.2) is 83.8 Å². The van der Waals surface area contributed by atoms with Crippen LogP contribution < -0.4 is 20.1 Å². The van der Waals surface area contributed by atoms with E-state index in [1.54, 1.807) is 18.2 Å². The molecule has 0 saturated heterocycles. The second-order valence-electron chi connectivity index (χ2n) is 6.88. The Bertz CT molecular complexity index is 1030. The summed E-state index contributed by atoms with van der Waals surface area (Å²) >= 11 is 1.41. The standard InChI is InChI=1S/C25H26N2O4S/c1-3-30-22-14-12-19(13-15-22)27-25(29)18(2)32-23-11-7-8-20(16-23)26-24(28)17-31-21-9-5-4-6-10-21/h4-16,18H,3,17H2,1-2H3,(H,26,28)(H,27,29). The summed E-state index contributed by atoms with van der Waals surface area (Å²) in [6.45, 7) is 4.28. The van der Waals surface area contributed by atoms with Gasteiger partial charge in [0.25, 0.3) is 5.91 Å². The molecule has 2 amide bonds. The number of carbonyl (C=O) groups is 2. The molecule has 0 radical (unpaired) electrons. The number of thioether (sulfide) groups is 1. The number of nitrogens with one attached hydrogen (secondary N) is 2. The van der Waals surface area contributed by atoms with Gasteiger partial charge in [0.05, 0.1) is 11.9 Å². The number of rotatable bonds is 10. The maximum atomic E-state index is 12.6. The Morgan fingerprint density at radius 2 is 1.56 bits per heavy atom. The van der Waals surface area contributed by atoms with Crippen molar-refractivity contribution in [1.82, 2.24) is 0 Å². The fourth-order valence-corrected chi connectivity index (χ4v) is 3.74. The van der Waals surface area contributed by atoms with Crippen molar-refractivity contribution < 1.29 is 19.1 Å². The lowest BCUT2D eigenvalue weighted by Crippen LogP contribution is -2.22. The molecule has 32 heavy (non-hydrogen) atoms. The zero-order chi connectivity index (χ0) is 22.8. The molecular weight excluding hydrogens is 424 g/mol. The van der Waals surface area contributed by atoms with Gasteiger partial charge in [0.15, 0.2) is 6.61 Å². The molecule has 0 aliphatic carbocycles. The van der Waals surface area contributed by atoms with Crippen LogP contribution in [0.2, 0.25) is 0 Å². The molecule has 3 rings (SSSR count). The normalized spacial score (nSPS) is 11.3. The summed E-state index contributed by atoms with van der Waals surface area (Å²) in [6.07, 6.45) is 0. The fraction of sp³-hybridized carbons (Fsp3) is 0.200. The number of hydrogen-bond donors (Lipinski definition) is 2. The average molecular weight is 451 g/mol. The lowest BCUT2D eigenvalue weighted by molar-refractivity contribution is -0.118. The minimum atomic E-state index is -0.325. The molecule has 7 heteroatoms. The number of ether oxygens (including phenoxy) is 2. The number of amides is 2. The van der Waals surface area contributed by atoms with Gasteiger partial charge in [-0.3, -0.25) is 9.59 Å². The van der Waals surface area contributed by atoms with Crippen LogP contribution in [0.25, 0.3) is 0 Å². The van der Waals surface area contributed by atoms with E-state index in [0.717, 1.165) is 10.6 Å². The molecule has 6 nitrogen and oxygen atoms in total. The molecule has 0 fully saturated rings. The van der Waals surface area contributed by atoms with Crippen molar-refractivity contribution >= 4 is 35.0 Å². The first kappa shape index (κ1) is 23.2. The predicted molar refractivity (Wildman–Crippen MR) is 129 cm³/mol. The summed E-state index contributed by atoms with van der Waals surface area (Å²) in [4.78, 5) is 25.6. The topological polar surface area (TPSA) is 76.7 Å². The number of anilines is 2. The van der Waals surface area contributed by atoms with E-state index in [-0.39, 0.29) is 23.7 Å². The largest absolute Gasteiger partial charge is 0.494 e. The highest BCUT2D eigenvalue weighted by Crippen LogP contribution is 2.27. The van der Waals surface area contributed by atoms with E-state index in [1.165, 1.54) is 11.8 Å². The summed E-state index contributed by atoms with van der Waals surface area (Å²) in [6, 6.07) is 23.8. The molecule has 2 N–H and O–H groups in total. The van der Waals surface area contributed by atoms with Crippen molar-refractivity contribution in [2.45, 2.75) is 24.0 Å². The second kappa shape index (κ2) is 11.8. The Balaban J connectivity index is 1.50. The third kappa shape index (κ3) is 7.35. The van der Waals surface area contributed by atoms with Crippen molar-refractivity contribution in [1.29, 1.82) is 0 Å². The molecular formula is C25H26N2O4S. The monoisotopic (exact) mass is 450 g/mol. The second-order valence-corrected chi connectivity index (χ2v) is 8.30. The van der Waals surface area contributed by atoms with Crippen LogP contribution in [-0.4, -0.2) is 30.3 Å². The van der Waals surface area contributed by atoms with Gasteiger partial charge in [0, 0.05) is 16.3 Å². The average Bonchev–Trinajstić information content (AvgIpc) is 2.80. The number of carbonyl (C=O) groups excluding carboxylic acids is 2. The molecule has 0 aliphatic heterocycles. The van der Waals surface area contributed by atoms with Gasteiger partial charge in [-0.05, 0) is 68.4 Å². The van der Waals surface area contributed by atoms with Gasteiger partial charge in [-0.25, -0.2) is 0 Å². The van der Waals surface area contributed by atoms with Crippen molar-refractivity contribution in [3.63, 3.8) is 0 Å². The van der Waals surface area contributed by atoms with Crippen LogP contribution in [0.1, 0.15) is 13.8 Å².